The predicted molar refractivity (Wildman–Crippen MR) is 299 cm³/mol. The van der Waals surface area contributed by atoms with Gasteiger partial charge in [0.2, 0.25) is 0 Å². The van der Waals surface area contributed by atoms with Crippen molar-refractivity contribution in [2.24, 2.45) is 0 Å². The van der Waals surface area contributed by atoms with Crippen molar-refractivity contribution in [2.45, 2.75) is 0 Å². The summed E-state index contributed by atoms with van der Waals surface area (Å²) in [6, 6.07) is 99.0. The quantitative estimate of drug-likeness (QED) is 0.135. The summed E-state index contributed by atoms with van der Waals surface area (Å²) in [5, 5.41) is 5.02. The van der Waals surface area contributed by atoms with E-state index in [0.717, 1.165) is 45.3 Å². The molecule has 13 rings (SSSR count). The molecule has 0 saturated carbocycles. The first kappa shape index (κ1) is 41.2. The predicted octanol–water partition coefficient (Wildman–Crippen LogP) is 19.1. The van der Waals surface area contributed by atoms with Crippen molar-refractivity contribution in [3.63, 3.8) is 0 Å². The topological polar surface area (TPSA) is 11.4 Å². The maximum absolute atomic E-state index is 2.42. The highest BCUT2D eigenvalue weighted by atomic mass is 32.1. The van der Waals surface area contributed by atoms with E-state index in [1.807, 2.05) is 11.3 Å². The summed E-state index contributed by atoms with van der Waals surface area (Å²) >= 11 is 1.87. The highest BCUT2D eigenvalue weighted by molar-refractivity contribution is 7.26. The Morgan fingerprint density at radius 2 is 0.714 bits per heavy atom. The summed E-state index contributed by atoms with van der Waals surface area (Å²) in [6.45, 7) is 0. The van der Waals surface area contributed by atoms with Crippen LogP contribution in [0, 0.1) is 0 Å². The molecule has 70 heavy (non-hydrogen) atoms. The third kappa shape index (κ3) is 7.30. The van der Waals surface area contributed by atoms with Crippen LogP contribution in [-0.2, 0) is 0 Å². The van der Waals surface area contributed by atoms with E-state index >= 15 is 0 Å². The molecule has 3 nitrogen and oxygen atoms in total. The van der Waals surface area contributed by atoms with Gasteiger partial charge in [-0.15, -0.1) is 11.3 Å². The van der Waals surface area contributed by atoms with E-state index in [1.165, 1.54) is 69.8 Å². The van der Waals surface area contributed by atoms with Gasteiger partial charge in [-0.2, -0.15) is 0 Å². The molecule has 0 unspecified atom stereocenters. The minimum absolute atomic E-state index is 1.06. The van der Waals surface area contributed by atoms with E-state index in [1.54, 1.807) is 0 Å². The average molecular weight is 912 g/mol. The summed E-state index contributed by atoms with van der Waals surface area (Å²) in [4.78, 5) is 4.79. The van der Waals surface area contributed by atoms with Gasteiger partial charge in [-0.05, 0) is 130 Å². The third-order valence-electron chi connectivity index (χ3n) is 13.6. The number of benzene rings is 11. The first-order valence-corrected chi connectivity index (χ1v) is 24.6. The Morgan fingerprint density at radius 3 is 1.31 bits per heavy atom. The average Bonchev–Trinajstić information content (AvgIpc) is 3.99. The molecule has 0 atom stereocenters. The Bertz CT molecular complexity index is 3950. The maximum Gasteiger partial charge on any atom is 0.0562 e. The van der Waals surface area contributed by atoms with E-state index in [4.69, 9.17) is 0 Å². The standard InChI is InChI=1S/C66H45N3S/c1-4-16-46(17-5-1)48-30-36-52(37-31-48)67(53-40-34-50(35-41-53)57-24-14-25-59-58-22-11-13-29-64(58)70-66(57)59)54-42-44-56(45-43-54)68(55-38-32-49(33-39-55)47-18-6-2-7-19-47)62-27-15-28-63-65(62)60-23-10-12-26-61(60)69(63)51-20-8-3-9-21-51/h1-45H. The van der Waals surface area contributed by atoms with Gasteiger partial charge in [-0.1, -0.05) is 176 Å². The molecular weight excluding hydrogens is 867 g/mol. The summed E-state index contributed by atoms with van der Waals surface area (Å²) in [5.41, 5.74) is 17.2. The molecule has 0 aliphatic heterocycles. The van der Waals surface area contributed by atoms with Crippen LogP contribution in [-0.4, -0.2) is 4.57 Å². The van der Waals surface area contributed by atoms with Crippen molar-refractivity contribution in [2.75, 3.05) is 9.80 Å². The lowest BCUT2D eigenvalue weighted by Crippen LogP contribution is -2.12. The van der Waals surface area contributed by atoms with Gasteiger partial charge in [0.1, 0.15) is 0 Å². The zero-order valence-electron chi connectivity index (χ0n) is 38.2. The van der Waals surface area contributed by atoms with Gasteiger partial charge in [0, 0.05) is 65.1 Å². The number of aromatic nitrogens is 1. The van der Waals surface area contributed by atoms with Gasteiger partial charge in [0.05, 0.1) is 16.7 Å². The van der Waals surface area contributed by atoms with Gasteiger partial charge in [0.15, 0.2) is 0 Å². The Balaban J connectivity index is 0.945. The molecule has 0 aliphatic rings. The van der Waals surface area contributed by atoms with Crippen molar-refractivity contribution in [3.8, 4) is 39.1 Å². The fourth-order valence-electron chi connectivity index (χ4n) is 10.3. The number of fused-ring (bicyclic) bond motifs is 6. The number of anilines is 6. The van der Waals surface area contributed by atoms with E-state index in [9.17, 15) is 0 Å². The van der Waals surface area contributed by atoms with Gasteiger partial charge in [-0.25, -0.2) is 0 Å². The molecule has 2 heterocycles. The van der Waals surface area contributed by atoms with Crippen LogP contribution in [0.3, 0.4) is 0 Å². The van der Waals surface area contributed by atoms with Crippen LogP contribution in [0.5, 0.6) is 0 Å². The molecule has 0 radical (unpaired) electrons. The fourth-order valence-corrected chi connectivity index (χ4v) is 11.5. The number of hydrogen-bond donors (Lipinski definition) is 0. The zero-order valence-corrected chi connectivity index (χ0v) is 39.0. The number of rotatable bonds is 10. The van der Waals surface area contributed by atoms with E-state index in [-0.39, 0.29) is 0 Å². The molecule has 0 spiro atoms. The molecule has 2 aromatic heterocycles. The van der Waals surface area contributed by atoms with Gasteiger partial charge >= 0.3 is 0 Å². The lowest BCUT2D eigenvalue weighted by atomic mass is 10.0. The van der Waals surface area contributed by atoms with Crippen LogP contribution >= 0.6 is 11.3 Å². The Morgan fingerprint density at radius 1 is 0.286 bits per heavy atom. The first-order chi connectivity index (χ1) is 34.7. The highest BCUT2D eigenvalue weighted by Gasteiger charge is 2.22. The largest absolute Gasteiger partial charge is 0.311 e. The summed E-state index contributed by atoms with van der Waals surface area (Å²) in [7, 11) is 0. The van der Waals surface area contributed by atoms with E-state index in [2.05, 4.69) is 287 Å². The first-order valence-electron chi connectivity index (χ1n) is 23.8. The lowest BCUT2D eigenvalue weighted by Gasteiger charge is -2.29. The van der Waals surface area contributed by atoms with E-state index in [0.29, 0.717) is 0 Å². The summed E-state index contributed by atoms with van der Waals surface area (Å²) in [5.74, 6) is 0. The number of thiophene rings is 1. The SMILES string of the molecule is c1ccc(-c2ccc(N(c3ccc(-c4cccc5c4sc4ccccc45)cc3)c3ccc(N(c4ccc(-c5ccccc5)cc4)c4cccc5c4c4ccccc4n5-c4ccccc4)cc3)cc2)cc1. The minimum Gasteiger partial charge on any atom is -0.311 e. The highest BCUT2D eigenvalue weighted by Crippen LogP contribution is 2.46. The summed E-state index contributed by atoms with van der Waals surface area (Å²) in [6.07, 6.45) is 0. The molecule has 4 heteroatoms. The zero-order chi connectivity index (χ0) is 46.4. The molecule has 0 aliphatic carbocycles. The molecule has 13 aromatic rings. The summed E-state index contributed by atoms with van der Waals surface area (Å²) < 4.78 is 5.02. The lowest BCUT2D eigenvalue weighted by molar-refractivity contribution is 1.18. The van der Waals surface area contributed by atoms with Gasteiger partial charge in [0.25, 0.3) is 0 Å². The molecule has 0 fully saturated rings. The van der Waals surface area contributed by atoms with Gasteiger partial charge < -0.3 is 14.4 Å². The Hall–Kier alpha value is -8.96. The van der Waals surface area contributed by atoms with Crippen molar-refractivity contribution in [1.82, 2.24) is 4.57 Å². The second-order valence-electron chi connectivity index (χ2n) is 17.7. The van der Waals surface area contributed by atoms with Crippen molar-refractivity contribution < 1.29 is 0 Å². The molecule has 0 amide bonds. The van der Waals surface area contributed by atoms with Crippen LogP contribution in [0.1, 0.15) is 0 Å². The van der Waals surface area contributed by atoms with Gasteiger partial charge in [-0.3, -0.25) is 0 Å². The smallest absolute Gasteiger partial charge is 0.0562 e. The molecule has 330 valence electrons. The normalized spacial score (nSPS) is 11.4. The van der Waals surface area contributed by atoms with Crippen LogP contribution in [0.15, 0.2) is 273 Å². The number of nitrogens with zero attached hydrogens (tertiary/aromatic N) is 3. The second kappa shape index (κ2) is 17.6. The number of hydrogen-bond acceptors (Lipinski definition) is 3. The maximum atomic E-state index is 2.42. The minimum atomic E-state index is 1.06. The Labute approximate surface area is 411 Å². The number of para-hydroxylation sites is 2. The van der Waals surface area contributed by atoms with E-state index < -0.39 is 0 Å². The third-order valence-corrected chi connectivity index (χ3v) is 14.8. The Kier molecular flexibility index (Phi) is 10.4. The molecule has 11 aromatic carbocycles. The molecule has 0 saturated heterocycles. The second-order valence-corrected chi connectivity index (χ2v) is 18.8. The van der Waals surface area contributed by atoms with Crippen LogP contribution in [0.4, 0.5) is 34.1 Å². The molecule has 0 N–H and O–H groups in total. The van der Waals surface area contributed by atoms with Crippen molar-refractivity contribution in [3.05, 3.63) is 273 Å². The molecular formula is C66H45N3S. The fraction of sp³-hybridized carbons (Fsp3) is 0. The van der Waals surface area contributed by atoms with Crippen LogP contribution in [0.25, 0.3) is 81.0 Å². The monoisotopic (exact) mass is 911 g/mol. The van der Waals surface area contributed by atoms with Crippen molar-refractivity contribution in [1.29, 1.82) is 0 Å². The molecule has 0 bridgehead atoms. The van der Waals surface area contributed by atoms with Crippen LogP contribution in [0.2, 0.25) is 0 Å². The van der Waals surface area contributed by atoms with Crippen LogP contribution < -0.4 is 9.80 Å². The van der Waals surface area contributed by atoms with Crippen molar-refractivity contribution >= 4 is 87.4 Å².